The highest BCUT2D eigenvalue weighted by Crippen LogP contribution is 2.29. The SMILES string of the molecule is Cc1cc(C)c(NC(=O)C2CCc3nc4cc(C)ccn4c3C2)c(C)c1. The highest BCUT2D eigenvalue weighted by molar-refractivity contribution is 5.94. The predicted molar refractivity (Wildman–Crippen MR) is 105 cm³/mol. The Hall–Kier alpha value is -2.62. The molecule has 26 heavy (non-hydrogen) atoms. The molecule has 0 saturated heterocycles. The predicted octanol–water partition coefficient (Wildman–Crippen LogP) is 4.31. The number of carbonyl (C=O) groups is 1. The number of rotatable bonds is 2. The molecular weight excluding hydrogens is 322 g/mol. The van der Waals surface area contributed by atoms with Crippen LogP contribution < -0.4 is 5.32 Å². The number of imidazole rings is 1. The Balaban J connectivity index is 1.59. The standard InChI is InChI=1S/C22H25N3O/c1-13-7-8-25-19-12-17(5-6-18(19)23-20(25)11-13)22(26)24-21-15(3)9-14(2)10-16(21)4/h7-11,17H,5-6,12H2,1-4H3,(H,24,26). The van der Waals surface area contributed by atoms with Gasteiger partial charge in [-0.05, 0) is 69.4 Å². The van der Waals surface area contributed by atoms with Crippen LogP contribution in [0.2, 0.25) is 0 Å². The molecule has 1 aliphatic rings. The molecule has 4 nitrogen and oxygen atoms in total. The van der Waals surface area contributed by atoms with Crippen molar-refractivity contribution in [2.24, 2.45) is 5.92 Å². The van der Waals surface area contributed by atoms with Crippen molar-refractivity contribution in [3.63, 3.8) is 0 Å². The van der Waals surface area contributed by atoms with E-state index in [1.54, 1.807) is 0 Å². The van der Waals surface area contributed by atoms with Crippen molar-refractivity contribution in [2.75, 3.05) is 5.32 Å². The third-order valence-electron chi connectivity index (χ3n) is 5.43. The molecule has 0 radical (unpaired) electrons. The fraction of sp³-hybridized carbons (Fsp3) is 0.364. The number of amides is 1. The normalized spacial score (nSPS) is 16.5. The lowest BCUT2D eigenvalue weighted by molar-refractivity contribution is -0.120. The van der Waals surface area contributed by atoms with Crippen LogP contribution in [0.25, 0.3) is 5.65 Å². The molecule has 1 unspecified atom stereocenters. The molecule has 0 bridgehead atoms. The second kappa shape index (κ2) is 6.27. The van der Waals surface area contributed by atoms with Crippen LogP contribution in [0, 0.1) is 33.6 Å². The van der Waals surface area contributed by atoms with Gasteiger partial charge in [-0.3, -0.25) is 4.79 Å². The zero-order chi connectivity index (χ0) is 18.4. The Bertz CT molecular complexity index is 993. The van der Waals surface area contributed by atoms with Crippen LogP contribution in [0.1, 0.15) is 40.1 Å². The molecular formula is C22H25N3O. The maximum absolute atomic E-state index is 12.9. The average Bonchev–Trinajstić information content (AvgIpc) is 2.94. The fourth-order valence-corrected chi connectivity index (χ4v) is 4.13. The van der Waals surface area contributed by atoms with Crippen LogP contribution >= 0.6 is 0 Å². The molecule has 0 saturated carbocycles. The zero-order valence-corrected chi connectivity index (χ0v) is 15.9. The maximum Gasteiger partial charge on any atom is 0.227 e. The van der Waals surface area contributed by atoms with Crippen LogP contribution in [-0.2, 0) is 17.6 Å². The van der Waals surface area contributed by atoms with Gasteiger partial charge in [-0.2, -0.15) is 0 Å². The van der Waals surface area contributed by atoms with Crippen LogP contribution in [0.5, 0.6) is 0 Å². The van der Waals surface area contributed by atoms with Crippen molar-refractivity contribution in [1.29, 1.82) is 0 Å². The first-order valence-electron chi connectivity index (χ1n) is 9.27. The van der Waals surface area contributed by atoms with Gasteiger partial charge in [0.25, 0.3) is 0 Å². The second-order valence-electron chi connectivity index (χ2n) is 7.64. The summed E-state index contributed by atoms with van der Waals surface area (Å²) in [7, 11) is 0. The van der Waals surface area contributed by atoms with E-state index < -0.39 is 0 Å². The number of hydrogen-bond donors (Lipinski definition) is 1. The molecule has 4 rings (SSSR count). The summed E-state index contributed by atoms with van der Waals surface area (Å²) in [6.45, 7) is 8.28. The van der Waals surface area contributed by atoms with Crippen molar-refractivity contribution in [3.05, 3.63) is 64.1 Å². The molecule has 1 aliphatic carbocycles. The molecule has 0 fully saturated rings. The maximum atomic E-state index is 12.9. The number of fused-ring (bicyclic) bond motifs is 3. The minimum absolute atomic E-state index is 0.0104. The molecule has 1 amide bonds. The third kappa shape index (κ3) is 2.90. The lowest BCUT2D eigenvalue weighted by atomic mass is 9.88. The number of anilines is 1. The van der Waals surface area contributed by atoms with Crippen LogP contribution in [0.15, 0.2) is 30.5 Å². The Morgan fingerprint density at radius 2 is 1.85 bits per heavy atom. The van der Waals surface area contributed by atoms with E-state index in [9.17, 15) is 4.79 Å². The summed E-state index contributed by atoms with van der Waals surface area (Å²) in [5.41, 5.74) is 8.95. The average molecular weight is 347 g/mol. The van der Waals surface area contributed by atoms with E-state index in [-0.39, 0.29) is 11.8 Å². The Labute approximate surface area is 154 Å². The highest BCUT2D eigenvalue weighted by atomic mass is 16.1. The van der Waals surface area contributed by atoms with E-state index in [2.05, 4.69) is 67.9 Å². The number of benzene rings is 1. The summed E-state index contributed by atoms with van der Waals surface area (Å²) in [6.07, 6.45) is 4.53. The largest absolute Gasteiger partial charge is 0.325 e. The van der Waals surface area contributed by atoms with Crippen LogP contribution in [0.4, 0.5) is 5.69 Å². The van der Waals surface area contributed by atoms with Crippen molar-refractivity contribution in [1.82, 2.24) is 9.38 Å². The third-order valence-corrected chi connectivity index (χ3v) is 5.43. The summed E-state index contributed by atoms with van der Waals surface area (Å²) in [6, 6.07) is 8.44. The van der Waals surface area contributed by atoms with E-state index in [4.69, 9.17) is 4.98 Å². The van der Waals surface area contributed by atoms with Crippen molar-refractivity contribution in [3.8, 4) is 0 Å². The minimum atomic E-state index is -0.0104. The van der Waals surface area contributed by atoms with E-state index in [1.807, 2.05) is 0 Å². The molecule has 4 heteroatoms. The number of nitrogens with one attached hydrogen (secondary N) is 1. The lowest BCUT2D eigenvalue weighted by Crippen LogP contribution is -2.29. The van der Waals surface area contributed by atoms with Crippen molar-refractivity contribution < 1.29 is 4.79 Å². The number of hydrogen-bond acceptors (Lipinski definition) is 2. The molecule has 3 aromatic rings. The molecule has 0 spiro atoms. The zero-order valence-electron chi connectivity index (χ0n) is 15.9. The van der Waals surface area contributed by atoms with Gasteiger partial charge in [-0.1, -0.05) is 17.7 Å². The fourth-order valence-electron chi connectivity index (χ4n) is 4.13. The van der Waals surface area contributed by atoms with Gasteiger partial charge < -0.3 is 9.72 Å². The molecule has 1 N–H and O–H groups in total. The number of aromatic nitrogens is 2. The summed E-state index contributed by atoms with van der Waals surface area (Å²) in [5, 5.41) is 3.19. The number of nitrogens with zero attached hydrogens (tertiary/aromatic N) is 2. The van der Waals surface area contributed by atoms with E-state index in [0.29, 0.717) is 0 Å². The van der Waals surface area contributed by atoms with Gasteiger partial charge in [0.15, 0.2) is 0 Å². The van der Waals surface area contributed by atoms with Crippen LogP contribution in [-0.4, -0.2) is 15.3 Å². The van der Waals surface area contributed by atoms with Crippen molar-refractivity contribution >= 4 is 17.2 Å². The number of aryl methyl sites for hydroxylation is 5. The first kappa shape index (κ1) is 16.8. The molecule has 2 aromatic heterocycles. The minimum Gasteiger partial charge on any atom is -0.325 e. The van der Waals surface area contributed by atoms with Gasteiger partial charge in [0.05, 0.1) is 5.69 Å². The lowest BCUT2D eigenvalue weighted by Gasteiger charge is -2.22. The van der Waals surface area contributed by atoms with E-state index >= 15 is 0 Å². The summed E-state index contributed by atoms with van der Waals surface area (Å²) < 4.78 is 2.14. The summed E-state index contributed by atoms with van der Waals surface area (Å²) >= 11 is 0. The summed E-state index contributed by atoms with van der Waals surface area (Å²) in [5.74, 6) is 0.108. The smallest absolute Gasteiger partial charge is 0.227 e. The van der Waals surface area contributed by atoms with Gasteiger partial charge in [-0.25, -0.2) is 4.98 Å². The van der Waals surface area contributed by atoms with Gasteiger partial charge in [0, 0.05) is 29.9 Å². The first-order valence-corrected chi connectivity index (χ1v) is 9.27. The second-order valence-corrected chi connectivity index (χ2v) is 7.64. The van der Waals surface area contributed by atoms with Gasteiger partial charge >= 0.3 is 0 Å². The van der Waals surface area contributed by atoms with Gasteiger partial charge in [0.2, 0.25) is 5.91 Å². The first-order chi connectivity index (χ1) is 12.4. The quantitative estimate of drug-likeness (QED) is 0.751. The monoisotopic (exact) mass is 347 g/mol. The Kier molecular flexibility index (Phi) is 4.06. The van der Waals surface area contributed by atoms with E-state index in [1.165, 1.54) is 16.8 Å². The molecule has 1 atom stereocenters. The Morgan fingerprint density at radius 1 is 1.12 bits per heavy atom. The highest BCUT2D eigenvalue weighted by Gasteiger charge is 2.28. The molecule has 2 heterocycles. The molecule has 134 valence electrons. The topological polar surface area (TPSA) is 46.4 Å². The molecule has 1 aromatic carbocycles. The summed E-state index contributed by atoms with van der Waals surface area (Å²) in [4.78, 5) is 17.7. The number of carbonyl (C=O) groups excluding carboxylic acids is 1. The van der Waals surface area contributed by atoms with E-state index in [0.717, 1.165) is 47.4 Å². The number of pyridine rings is 1. The van der Waals surface area contributed by atoms with Crippen LogP contribution in [0.3, 0.4) is 0 Å². The van der Waals surface area contributed by atoms with Gasteiger partial charge in [0.1, 0.15) is 5.65 Å². The van der Waals surface area contributed by atoms with Crippen molar-refractivity contribution in [2.45, 2.75) is 47.0 Å². The molecule has 0 aliphatic heterocycles. The Morgan fingerprint density at radius 3 is 2.58 bits per heavy atom. The van der Waals surface area contributed by atoms with Gasteiger partial charge in [-0.15, -0.1) is 0 Å².